The quantitative estimate of drug-likeness (QED) is 0.438. The molecule has 2 N–H and O–H groups in total. The van der Waals surface area contributed by atoms with Crippen LogP contribution in [0.25, 0.3) is 16.6 Å². The van der Waals surface area contributed by atoms with Crippen molar-refractivity contribution < 1.29 is 4.74 Å². The van der Waals surface area contributed by atoms with Crippen molar-refractivity contribution in [2.24, 2.45) is 5.92 Å². The Morgan fingerprint density at radius 2 is 2.16 bits per heavy atom. The average Bonchev–Trinajstić information content (AvgIpc) is 3.42. The lowest BCUT2D eigenvalue weighted by molar-refractivity contribution is 0.300. The van der Waals surface area contributed by atoms with Crippen molar-refractivity contribution in [3.8, 4) is 11.4 Å². The van der Waals surface area contributed by atoms with Crippen LogP contribution >= 0.6 is 11.6 Å². The largest absolute Gasteiger partial charge is 0.492 e. The standard InChI is InChI=1S/C23H22ClN5O2/c1-14(27-22-10-17(4-5-26-22)29-7-6-25-13-29)18-8-16-9-19(24)21(31-12-15-2-3-15)11-20(16)28-23(18)30/h4-11,13-15H,2-3,12H2,1H3,(H,26,27)(H,28,30)/t14-/m0/s1. The van der Waals surface area contributed by atoms with Crippen molar-refractivity contribution in [3.05, 3.63) is 76.2 Å². The maximum Gasteiger partial charge on any atom is 0.253 e. The fourth-order valence-corrected chi connectivity index (χ4v) is 3.75. The number of H-pyrrole nitrogens is 1. The second-order valence-corrected chi connectivity index (χ2v) is 8.32. The number of hydrogen-bond donors (Lipinski definition) is 2. The molecule has 7 nitrogen and oxygen atoms in total. The minimum absolute atomic E-state index is 0.159. The van der Waals surface area contributed by atoms with Gasteiger partial charge in [0.2, 0.25) is 0 Å². The molecule has 1 aromatic carbocycles. The van der Waals surface area contributed by atoms with Gasteiger partial charge in [0.25, 0.3) is 5.56 Å². The van der Waals surface area contributed by atoms with E-state index in [1.54, 1.807) is 24.8 Å². The Hall–Kier alpha value is -3.32. The molecule has 1 fully saturated rings. The van der Waals surface area contributed by atoms with E-state index in [1.165, 1.54) is 12.8 Å². The molecule has 5 rings (SSSR count). The predicted molar refractivity (Wildman–Crippen MR) is 121 cm³/mol. The van der Waals surface area contributed by atoms with Crippen LogP contribution in [0.3, 0.4) is 0 Å². The Labute approximate surface area is 184 Å². The van der Waals surface area contributed by atoms with Crippen molar-refractivity contribution in [2.75, 3.05) is 11.9 Å². The minimum atomic E-state index is -0.261. The molecule has 8 heteroatoms. The van der Waals surface area contributed by atoms with Gasteiger partial charge in [-0.2, -0.15) is 0 Å². The van der Waals surface area contributed by atoms with E-state index in [0.29, 0.717) is 40.2 Å². The van der Waals surface area contributed by atoms with Gasteiger partial charge < -0.3 is 19.6 Å². The second-order valence-electron chi connectivity index (χ2n) is 7.91. The van der Waals surface area contributed by atoms with Crippen LogP contribution in [-0.2, 0) is 0 Å². The van der Waals surface area contributed by atoms with Gasteiger partial charge >= 0.3 is 0 Å². The topological polar surface area (TPSA) is 84.8 Å². The molecular formula is C23H22ClN5O2. The lowest BCUT2D eigenvalue weighted by atomic mass is 10.1. The van der Waals surface area contributed by atoms with E-state index in [1.807, 2.05) is 42.0 Å². The summed E-state index contributed by atoms with van der Waals surface area (Å²) >= 11 is 6.42. The van der Waals surface area contributed by atoms with E-state index in [9.17, 15) is 4.79 Å². The Morgan fingerprint density at radius 1 is 1.29 bits per heavy atom. The maximum atomic E-state index is 12.8. The van der Waals surface area contributed by atoms with Crippen molar-refractivity contribution >= 4 is 28.3 Å². The summed E-state index contributed by atoms with van der Waals surface area (Å²) in [5.41, 5.74) is 2.08. The number of nitrogens with one attached hydrogen (secondary N) is 2. The molecule has 1 aliphatic carbocycles. The summed E-state index contributed by atoms with van der Waals surface area (Å²) in [6.07, 6.45) is 9.44. The molecule has 1 saturated carbocycles. The molecular weight excluding hydrogens is 414 g/mol. The number of pyridine rings is 2. The van der Waals surface area contributed by atoms with Crippen LogP contribution in [-0.4, -0.2) is 26.1 Å². The van der Waals surface area contributed by atoms with Gasteiger partial charge in [-0.3, -0.25) is 4.79 Å². The van der Waals surface area contributed by atoms with Gasteiger partial charge in [0, 0.05) is 41.7 Å². The SMILES string of the molecule is C[C@H](Nc1cc(-n2ccnc2)ccn1)c1cc2cc(Cl)c(OCC3CC3)cc2[nH]c1=O. The minimum Gasteiger partial charge on any atom is -0.492 e. The van der Waals surface area contributed by atoms with Gasteiger partial charge in [0.1, 0.15) is 11.6 Å². The molecule has 158 valence electrons. The molecule has 3 heterocycles. The fraction of sp³-hybridized carbons (Fsp3) is 0.261. The summed E-state index contributed by atoms with van der Waals surface area (Å²) in [4.78, 5) is 24.2. The summed E-state index contributed by atoms with van der Waals surface area (Å²) in [7, 11) is 0. The lowest BCUT2D eigenvalue weighted by Crippen LogP contribution is -2.20. The van der Waals surface area contributed by atoms with E-state index in [2.05, 4.69) is 20.3 Å². The van der Waals surface area contributed by atoms with Crippen molar-refractivity contribution in [3.63, 3.8) is 0 Å². The summed E-state index contributed by atoms with van der Waals surface area (Å²) in [5.74, 6) is 1.90. The molecule has 0 unspecified atom stereocenters. The third-order valence-corrected chi connectivity index (χ3v) is 5.77. The average molecular weight is 436 g/mol. The first kappa shape index (κ1) is 19.6. The van der Waals surface area contributed by atoms with Gasteiger partial charge in [-0.1, -0.05) is 11.6 Å². The molecule has 0 aliphatic heterocycles. The van der Waals surface area contributed by atoms with Crippen LogP contribution in [0.1, 0.15) is 31.4 Å². The molecule has 3 aromatic heterocycles. The fourth-order valence-electron chi connectivity index (χ4n) is 3.52. The Balaban J connectivity index is 1.40. The zero-order valence-corrected chi connectivity index (χ0v) is 17.8. The molecule has 0 amide bonds. The van der Waals surface area contributed by atoms with Gasteiger partial charge in [-0.05, 0) is 43.9 Å². The van der Waals surface area contributed by atoms with Crippen LogP contribution in [0.2, 0.25) is 5.02 Å². The predicted octanol–water partition coefficient (Wildman–Crippen LogP) is 4.72. The summed E-state index contributed by atoms with van der Waals surface area (Å²) in [6, 6.07) is 9.05. The number of anilines is 1. The van der Waals surface area contributed by atoms with Crippen LogP contribution in [0.5, 0.6) is 5.75 Å². The zero-order chi connectivity index (χ0) is 21.4. The van der Waals surface area contributed by atoms with Crippen molar-refractivity contribution in [2.45, 2.75) is 25.8 Å². The first-order valence-electron chi connectivity index (χ1n) is 10.3. The van der Waals surface area contributed by atoms with Gasteiger partial charge in [-0.25, -0.2) is 9.97 Å². The van der Waals surface area contributed by atoms with Gasteiger partial charge in [0.15, 0.2) is 0 Å². The lowest BCUT2D eigenvalue weighted by Gasteiger charge is -2.16. The first-order chi connectivity index (χ1) is 15.1. The molecule has 1 atom stereocenters. The molecule has 0 saturated heterocycles. The highest BCUT2D eigenvalue weighted by atomic mass is 35.5. The zero-order valence-electron chi connectivity index (χ0n) is 17.0. The molecule has 31 heavy (non-hydrogen) atoms. The number of ether oxygens (including phenoxy) is 1. The number of imidazole rings is 1. The second kappa shape index (κ2) is 8.07. The highest BCUT2D eigenvalue weighted by Crippen LogP contribution is 2.34. The molecule has 0 bridgehead atoms. The van der Waals surface area contributed by atoms with Crippen molar-refractivity contribution in [1.29, 1.82) is 0 Å². The summed E-state index contributed by atoms with van der Waals surface area (Å²) < 4.78 is 7.72. The van der Waals surface area contributed by atoms with Gasteiger partial charge in [0.05, 0.1) is 35.2 Å². The Morgan fingerprint density at radius 3 is 2.94 bits per heavy atom. The van der Waals surface area contributed by atoms with E-state index in [0.717, 1.165) is 11.1 Å². The smallest absolute Gasteiger partial charge is 0.253 e. The third kappa shape index (κ3) is 4.27. The maximum absolute atomic E-state index is 12.8. The van der Waals surface area contributed by atoms with Crippen LogP contribution < -0.4 is 15.6 Å². The number of aromatic amines is 1. The highest BCUT2D eigenvalue weighted by Gasteiger charge is 2.22. The van der Waals surface area contributed by atoms with Crippen LogP contribution in [0.15, 0.2) is 60.0 Å². The molecule has 0 radical (unpaired) electrons. The first-order valence-corrected chi connectivity index (χ1v) is 10.6. The number of rotatable bonds is 7. The number of nitrogens with zero attached hydrogens (tertiary/aromatic N) is 3. The van der Waals surface area contributed by atoms with E-state index < -0.39 is 0 Å². The monoisotopic (exact) mass is 435 g/mol. The third-order valence-electron chi connectivity index (χ3n) is 5.47. The molecule has 0 spiro atoms. The van der Waals surface area contributed by atoms with Crippen molar-refractivity contribution in [1.82, 2.24) is 19.5 Å². The van der Waals surface area contributed by atoms with Crippen LogP contribution in [0.4, 0.5) is 5.82 Å². The Kier molecular flexibility index (Phi) is 5.11. The normalized spacial score (nSPS) is 14.5. The van der Waals surface area contributed by atoms with Gasteiger partial charge in [-0.15, -0.1) is 0 Å². The van der Waals surface area contributed by atoms with E-state index in [4.69, 9.17) is 16.3 Å². The summed E-state index contributed by atoms with van der Waals surface area (Å²) in [6.45, 7) is 2.59. The number of aromatic nitrogens is 4. The van der Waals surface area contributed by atoms with E-state index >= 15 is 0 Å². The highest BCUT2D eigenvalue weighted by molar-refractivity contribution is 6.32. The molecule has 4 aromatic rings. The van der Waals surface area contributed by atoms with Crippen LogP contribution in [0, 0.1) is 5.92 Å². The van der Waals surface area contributed by atoms with E-state index in [-0.39, 0.29) is 11.6 Å². The molecule has 1 aliphatic rings. The number of halogens is 1. The number of fused-ring (bicyclic) bond motifs is 1. The number of hydrogen-bond acceptors (Lipinski definition) is 5. The summed E-state index contributed by atoms with van der Waals surface area (Å²) in [5, 5.41) is 4.71. The number of benzene rings is 1. The Bertz CT molecular complexity index is 1280.